The minimum atomic E-state index is -5.14. The van der Waals surface area contributed by atoms with Crippen molar-refractivity contribution >= 4 is 28.5 Å². The smallest absolute Gasteiger partial charge is 0.416 e. The molecule has 46 heavy (non-hydrogen) atoms. The number of hydrogen-bond donors (Lipinski definition) is 1. The van der Waals surface area contributed by atoms with Gasteiger partial charge in [0.1, 0.15) is 5.58 Å². The molecular formula is C31H23F6N3O6. The highest BCUT2D eigenvalue weighted by atomic mass is 19.4. The van der Waals surface area contributed by atoms with E-state index in [1.54, 1.807) is 30.3 Å². The molecule has 15 heteroatoms. The highest BCUT2D eigenvalue weighted by Gasteiger charge is 2.39. The van der Waals surface area contributed by atoms with Crippen LogP contribution in [0.15, 0.2) is 82.0 Å². The Hall–Kier alpha value is -5.21. The lowest BCUT2D eigenvalue weighted by Gasteiger charge is -2.40. The fourth-order valence-electron chi connectivity index (χ4n) is 5.40. The van der Waals surface area contributed by atoms with Gasteiger partial charge >= 0.3 is 12.4 Å². The van der Waals surface area contributed by atoms with Crippen LogP contribution in [0, 0.1) is 10.1 Å². The van der Waals surface area contributed by atoms with Crippen LogP contribution in [0.25, 0.3) is 11.0 Å². The molecule has 1 N–H and O–H groups in total. The first-order valence-corrected chi connectivity index (χ1v) is 13.8. The zero-order valence-electron chi connectivity index (χ0n) is 23.5. The van der Waals surface area contributed by atoms with Crippen LogP contribution < -0.4 is 10.7 Å². The number of nitro benzene ring substituents is 1. The number of nitrogens with zero attached hydrogens (tertiary/aromatic N) is 2. The third kappa shape index (κ3) is 7.03. The molecule has 0 bridgehead atoms. The first kappa shape index (κ1) is 32.2. The van der Waals surface area contributed by atoms with E-state index in [4.69, 9.17) is 4.42 Å². The number of amides is 2. The van der Waals surface area contributed by atoms with Crippen LogP contribution in [0.1, 0.15) is 50.4 Å². The van der Waals surface area contributed by atoms with Crippen molar-refractivity contribution in [3.8, 4) is 0 Å². The summed E-state index contributed by atoms with van der Waals surface area (Å²) in [4.78, 5) is 50.8. The molecule has 0 radical (unpaired) electrons. The van der Waals surface area contributed by atoms with Gasteiger partial charge in [0.15, 0.2) is 11.2 Å². The van der Waals surface area contributed by atoms with Gasteiger partial charge in [0, 0.05) is 42.4 Å². The van der Waals surface area contributed by atoms with Crippen LogP contribution in [0.2, 0.25) is 0 Å². The number of piperidine rings is 1. The Kier molecular flexibility index (Phi) is 8.60. The third-order valence-electron chi connectivity index (χ3n) is 7.61. The van der Waals surface area contributed by atoms with Crippen molar-refractivity contribution < 1.29 is 45.3 Å². The van der Waals surface area contributed by atoms with Crippen LogP contribution in [0.5, 0.6) is 0 Å². The van der Waals surface area contributed by atoms with Crippen molar-refractivity contribution in [2.75, 3.05) is 6.54 Å². The molecule has 0 saturated carbocycles. The Morgan fingerprint density at radius 1 is 0.935 bits per heavy atom. The summed E-state index contributed by atoms with van der Waals surface area (Å²) in [5.74, 6) is -2.21. The summed E-state index contributed by atoms with van der Waals surface area (Å²) in [6.07, 6.45) is -9.94. The molecule has 2 heterocycles. The third-order valence-corrected chi connectivity index (χ3v) is 7.61. The summed E-state index contributed by atoms with van der Waals surface area (Å²) in [5, 5.41) is 13.7. The van der Waals surface area contributed by atoms with E-state index in [-0.39, 0.29) is 54.3 Å². The second kappa shape index (κ2) is 12.3. The number of carbonyl (C=O) groups excluding carboxylic acids is 2. The van der Waals surface area contributed by atoms with Crippen molar-refractivity contribution in [3.63, 3.8) is 0 Å². The number of carbonyl (C=O) groups is 2. The van der Waals surface area contributed by atoms with E-state index >= 15 is 0 Å². The maximum atomic E-state index is 13.5. The maximum absolute atomic E-state index is 13.5. The van der Waals surface area contributed by atoms with E-state index in [1.165, 1.54) is 11.0 Å². The molecule has 0 aliphatic carbocycles. The number of non-ortho nitro benzene ring substituents is 1. The van der Waals surface area contributed by atoms with E-state index in [0.29, 0.717) is 12.1 Å². The lowest BCUT2D eigenvalue weighted by molar-refractivity contribution is -0.384. The van der Waals surface area contributed by atoms with Crippen LogP contribution in [-0.4, -0.2) is 40.3 Å². The van der Waals surface area contributed by atoms with Crippen LogP contribution in [-0.2, 0) is 18.8 Å². The molecule has 5 rings (SSSR count). The maximum Gasteiger partial charge on any atom is 0.416 e. The van der Waals surface area contributed by atoms with Crippen molar-refractivity contribution in [3.05, 3.63) is 121 Å². The number of hydrogen-bond acceptors (Lipinski definition) is 6. The number of benzene rings is 3. The summed E-state index contributed by atoms with van der Waals surface area (Å²) < 4.78 is 86.5. The Morgan fingerprint density at radius 2 is 1.59 bits per heavy atom. The molecule has 240 valence electrons. The SMILES string of the molecule is O=C(NC1CCN(C(=O)c2cc(C(F)(F)F)cc(C(F)(F)F)c2)C(Cc2ccccc2)C1)c1cc(=O)c2cc([N+](=O)[O-])ccc2o1. The van der Waals surface area contributed by atoms with Crippen LogP contribution in [0.3, 0.4) is 0 Å². The minimum Gasteiger partial charge on any atom is -0.451 e. The van der Waals surface area contributed by atoms with E-state index in [1.807, 2.05) is 0 Å². The number of alkyl halides is 6. The summed E-state index contributed by atoms with van der Waals surface area (Å²) in [7, 11) is 0. The molecule has 4 aromatic rings. The largest absolute Gasteiger partial charge is 0.451 e. The number of rotatable bonds is 6. The Balaban J connectivity index is 1.41. The van der Waals surface area contributed by atoms with Crippen molar-refractivity contribution in [2.45, 2.75) is 43.7 Å². The molecule has 2 amide bonds. The molecule has 3 aromatic carbocycles. The topological polar surface area (TPSA) is 123 Å². The first-order chi connectivity index (χ1) is 21.6. The number of nitrogens with one attached hydrogen (secondary N) is 1. The van der Waals surface area contributed by atoms with Gasteiger partial charge in [0.25, 0.3) is 17.5 Å². The number of likely N-dealkylation sites (tertiary alicyclic amines) is 1. The van der Waals surface area contributed by atoms with Gasteiger partial charge in [0.2, 0.25) is 0 Å². The molecule has 9 nitrogen and oxygen atoms in total. The Bertz CT molecular complexity index is 1840. The first-order valence-electron chi connectivity index (χ1n) is 13.8. The quantitative estimate of drug-likeness (QED) is 0.147. The lowest BCUT2D eigenvalue weighted by Crippen LogP contribution is -2.52. The Morgan fingerprint density at radius 3 is 2.20 bits per heavy atom. The second-order valence-electron chi connectivity index (χ2n) is 10.7. The van der Waals surface area contributed by atoms with Gasteiger partial charge in [-0.05, 0) is 49.1 Å². The number of halogens is 6. The monoisotopic (exact) mass is 647 g/mol. The number of fused-ring (bicyclic) bond motifs is 1. The highest BCUT2D eigenvalue weighted by molar-refractivity contribution is 5.95. The van der Waals surface area contributed by atoms with Crippen LogP contribution >= 0.6 is 0 Å². The molecule has 1 aliphatic heterocycles. The van der Waals surface area contributed by atoms with Gasteiger partial charge in [-0.25, -0.2) is 0 Å². The molecule has 1 fully saturated rings. The van der Waals surface area contributed by atoms with Gasteiger partial charge in [-0.15, -0.1) is 0 Å². The van der Waals surface area contributed by atoms with Gasteiger partial charge in [-0.3, -0.25) is 24.5 Å². The predicted molar refractivity (Wildman–Crippen MR) is 151 cm³/mol. The summed E-state index contributed by atoms with van der Waals surface area (Å²) in [6.45, 7) is -0.121. The molecule has 1 aromatic heterocycles. The summed E-state index contributed by atoms with van der Waals surface area (Å²) in [6, 6.07) is 12.2. The Labute approximate surface area is 255 Å². The second-order valence-corrected chi connectivity index (χ2v) is 10.7. The minimum absolute atomic E-state index is 0.0492. The fraction of sp³-hybridized carbons (Fsp3) is 0.258. The summed E-state index contributed by atoms with van der Waals surface area (Å²) in [5.41, 5.74) is -4.38. The highest BCUT2D eigenvalue weighted by Crippen LogP contribution is 2.37. The van der Waals surface area contributed by atoms with E-state index in [9.17, 15) is 50.8 Å². The van der Waals surface area contributed by atoms with Gasteiger partial charge in [-0.1, -0.05) is 30.3 Å². The molecule has 2 unspecified atom stereocenters. The zero-order valence-corrected chi connectivity index (χ0v) is 23.5. The zero-order chi connectivity index (χ0) is 33.4. The number of nitro groups is 1. The molecule has 2 atom stereocenters. The van der Waals surface area contributed by atoms with Gasteiger partial charge in [-0.2, -0.15) is 26.3 Å². The summed E-state index contributed by atoms with van der Waals surface area (Å²) >= 11 is 0. The fourth-order valence-corrected chi connectivity index (χ4v) is 5.40. The average molecular weight is 648 g/mol. The van der Waals surface area contributed by atoms with Crippen molar-refractivity contribution in [1.29, 1.82) is 0 Å². The van der Waals surface area contributed by atoms with Crippen molar-refractivity contribution in [2.24, 2.45) is 0 Å². The van der Waals surface area contributed by atoms with Crippen molar-refractivity contribution in [1.82, 2.24) is 10.2 Å². The van der Waals surface area contributed by atoms with Crippen LogP contribution in [0.4, 0.5) is 32.0 Å². The predicted octanol–water partition coefficient (Wildman–Crippen LogP) is 6.38. The van der Waals surface area contributed by atoms with Gasteiger partial charge < -0.3 is 14.6 Å². The molecule has 1 aliphatic rings. The lowest BCUT2D eigenvalue weighted by atomic mass is 9.91. The van der Waals surface area contributed by atoms with E-state index in [2.05, 4.69) is 5.32 Å². The van der Waals surface area contributed by atoms with E-state index in [0.717, 1.165) is 23.8 Å². The standard InChI is InChI=1S/C31H23F6N3O6/c32-30(33,34)19-11-18(12-20(13-19)31(35,36)37)29(43)39-9-8-21(14-23(39)10-17-4-2-1-3-5-17)38-28(42)27-16-25(41)24-15-22(40(44)45)6-7-26(24)46-27/h1-7,11-13,15-16,21,23H,8-10,14H2,(H,38,42). The van der Waals surface area contributed by atoms with E-state index < -0.39 is 63.3 Å². The molecule has 1 saturated heterocycles. The molecular weight excluding hydrogens is 624 g/mol. The van der Waals surface area contributed by atoms with Gasteiger partial charge in [0.05, 0.1) is 21.4 Å². The average Bonchev–Trinajstić information content (AvgIpc) is 3.00. The molecule has 0 spiro atoms. The normalized spacial score (nSPS) is 17.1.